The lowest BCUT2D eigenvalue weighted by Crippen LogP contribution is -2.32. The fraction of sp³-hybridized carbons (Fsp3) is 0.0714. The molecule has 0 aliphatic rings. The highest BCUT2D eigenvalue weighted by Gasteiger charge is 2.21. The molecule has 0 spiro atoms. The highest BCUT2D eigenvalue weighted by molar-refractivity contribution is 9.10. The van der Waals surface area contributed by atoms with Gasteiger partial charge in [-0.15, -0.1) is 0 Å². The quantitative estimate of drug-likeness (QED) is 0.814. The van der Waals surface area contributed by atoms with Crippen molar-refractivity contribution in [3.8, 4) is 0 Å². The van der Waals surface area contributed by atoms with Gasteiger partial charge in [-0.25, -0.2) is 13.1 Å². The average molecular weight is 423 g/mol. The van der Waals surface area contributed by atoms with Crippen LogP contribution in [0.15, 0.2) is 51.8 Å². The first kappa shape index (κ1) is 17.3. The molecule has 0 unspecified atom stereocenters. The lowest BCUT2D eigenvalue weighted by Gasteiger charge is -2.09. The van der Waals surface area contributed by atoms with Crippen LogP contribution >= 0.6 is 39.1 Å². The standard InChI is InChI=1S/C14H10BrCl2NO3S/c15-10-3-6-12(17)13(8-10)22(20,21)18-14(19)7-9-1-4-11(16)5-2-9/h1-6,8H,7H2,(H,18,19). The van der Waals surface area contributed by atoms with Crippen LogP contribution in [0.5, 0.6) is 0 Å². The minimum absolute atomic E-state index is 0.0370. The van der Waals surface area contributed by atoms with E-state index in [1.165, 1.54) is 12.1 Å². The molecule has 0 aromatic heterocycles. The number of rotatable bonds is 4. The van der Waals surface area contributed by atoms with Crippen LogP contribution in [0.2, 0.25) is 10.0 Å². The van der Waals surface area contributed by atoms with Gasteiger partial charge in [-0.05, 0) is 35.9 Å². The van der Waals surface area contributed by atoms with Crippen molar-refractivity contribution in [2.24, 2.45) is 0 Å². The van der Waals surface area contributed by atoms with E-state index in [1.54, 1.807) is 30.3 Å². The van der Waals surface area contributed by atoms with Crippen LogP contribution in [-0.4, -0.2) is 14.3 Å². The van der Waals surface area contributed by atoms with Gasteiger partial charge in [-0.3, -0.25) is 4.79 Å². The molecule has 0 saturated carbocycles. The van der Waals surface area contributed by atoms with Crippen LogP contribution in [0.1, 0.15) is 5.56 Å². The number of nitrogens with one attached hydrogen (secondary N) is 1. The third-order valence-corrected chi connectivity index (χ3v) is 5.31. The molecule has 2 rings (SSSR count). The molecule has 1 amide bonds. The van der Waals surface area contributed by atoms with Crippen molar-refractivity contribution in [2.45, 2.75) is 11.3 Å². The first-order valence-corrected chi connectivity index (χ1v) is 9.06. The van der Waals surface area contributed by atoms with Crippen LogP contribution in [0.3, 0.4) is 0 Å². The summed E-state index contributed by atoms with van der Waals surface area (Å²) in [5.41, 5.74) is 0.650. The molecule has 0 bridgehead atoms. The van der Waals surface area contributed by atoms with Gasteiger partial charge in [0.15, 0.2) is 0 Å². The van der Waals surface area contributed by atoms with Crippen molar-refractivity contribution >= 4 is 55.1 Å². The Hall–Kier alpha value is -1.08. The maximum Gasteiger partial charge on any atom is 0.265 e. The topological polar surface area (TPSA) is 63.2 Å². The zero-order chi connectivity index (χ0) is 16.3. The highest BCUT2D eigenvalue weighted by atomic mass is 79.9. The summed E-state index contributed by atoms with van der Waals surface area (Å²) in [6.45, 7) is 0. The number of carbonyl (C=O) groups excluding carboxylic acids is 1. The number of hydrogen-bond donors (Lipinski definition) is 1. The van der Waals surface area contributed by atoms with E-state index in [1.807, 2.05) is 4.72 Å². The van der Waals surface area contributed by atoms with E-state index in [-0.39, 0.29) is 16.3 Å². The maximum atomic E-state index is 12.2. The summed E-state index contributed by atoms with van der Waals surface area (Å²) in [6.07, 6.45) is -0.0813. The number of hydrogen-bond acceptors (Lipinski definition) is 3. The van der Waals surface area contributed by atoms with Crippen molar-refractivity contribution in [1.82, 2.24) is 4.72 Å². The van der Waals surface area contributed by atoms with Crippen molar-refractivity contribution in [1.29, 1.82) is 0 Å². The van der Waals surface area contributed by atoms with Crippen LogP contribution in [-0.2, 0) is 21.2 Å². The maximum absolute atomic E-state index is 12.2. The van der Waals surface area contributed by atoms with E-state index in [0.29, 0.717) is 15.1 Å². The largest absolute Gasteiger partial charge is 0.274 e. The van der Waals surface area contributed by atoms with E-state index in [2.05, 4.69) is 15.9 Å². The molecular weight excluding hydrogens is 413 g/mol. The summed E-state index contributed by atoms with van der Waals surface area (Å²) in [6, 6.07) is 10.9. The third-order valence-electron chi connectivity index (χ3n) is 2.71. The minimum Gasteiger partial charge on any atom is -0.274 e. The Labute approximate surface area is 146 Å². The van der Waals surface area contributed by atoms with E-state index < -0.39 is 15.9 Å². The molecule has 2 aromatic rings. The van der Waals surface area contributed by atoms with Crippen molar-refractivity contribution < 1.29 is 13.2 Å². The van der Waals surface area contributed by atoms with Crippen molar-refractivity contribution in [3.05, 3.63) is 62.5 Å². The third kappa shape index (κ3) is 4.46. The van der Waals surface area contributed by atoms with Gasteiger partial charge in [0.25, 0.3) is 10.0 Å². The molecule has 8 heteroatoms. The van der Waals surface area contributed by atoms with Gasteiger partial charge >= 0.3 is 0 Å². The summed E-state index contributed by atoms with van der Waals surface area (Å²) in [5.74, 6) is -0.654. The lowest BCUT2D eigenvalue weighted by molar-refractivity contribution is -0.118. The first-order valence-electron chi connectivity index (χ1n) is 6.03. The zero-order valence-electron chi connectivity index (χ0n) is 11.0. The molecule has 0 aliphatic carbocycles. The van der Waals surface area contributed by atoms with Gasteiger partial charge in [-0.1, -0.05) is 51.3 Å². The smallest absolute Gasteiger partial charge is 0.265 e. The summed E-state index contributed by atoms with van der Waals surface area (Å²) in [7, 11) is -4.03. The van der Waals surface area contributed by atoms with Crippen molar-refractivity contribution in [3.63, 3.8) is 0 Å². The molecule has 1 N–H and O–H groups in total. The predicted molar refractivity (Wildman–Crippen MR) is 89.6 cm³/mol. The molecule has 0 fully saturated rings. The van der Waals surface area contributed by atoms with Gasteiger partial charge in [0, 0.05) is 9.50 Å². The Balaban J connectivity index is 2.16. The first-order chi connectivity index (χ1) is 10.3. The highest BCUT2D eigenvalue weighted by Crippen LogP contribution is 2.25. The number of sulfonamides is 1. The number of benzene rings is 2. The molecule has 2 aromatic carbocycles. The zero-order valence-corrected chi connectivity index (χ0v) is 14.9. The lowest BCUT2D eigenvalue weighted by atomic mass is 10.1. The number of halogens is 3. The van der Waals surface area contributed by atoms with Crippen LogP contribution in [0, 0.1) is 0 Å². The van der Waals surface area contributed by atoms with Gasteiger partial charge in [0.1, 0.15) is 4.90 Å². The van der Waals surface area contributed by atoms with E-state index >= 15 is 0 Å². The summed E-state index contributed by atoms with van der Waals surface area (Å²) >= 11 is 14.8. The second kappa shape index (κ2) is 7.00. The second-order valence-electron chi connectivity index (χ2n) is 4.41. The molecule has 0 saturated heterocycles. The van der Waals surface area contributed by atoms with Gasteiger partial charge in [-0.2, -0.15) is 0 Å². The summed E-state index contributed by atoms with van der Waals surface area (Å²) in [5, 5.41) is 0.577. The minimum atomic E-state index is -4.03. The SMILES string of the molecule is O=C(Cc1ccc(Cl)cc1)NS(=O)(=O)c1cc(Br)ccc1Cl. The predicted octanol–water partition coefficient (Wildman–Crippen LogP) is 3.80. The molecule has 22 heavy (non-hydrogen) atoms. The molecule has 0 heterocycles. The van der Waals surface area contributed by atoms with Crippen LogP contribution in [0.25, 0.3) is 0 Å². The Morgan fingerprint density at radius 2 is 1.73 bits per heavy atom. The van der Waals surface area contributed by atoms with Crippen LogP contribution < -0.4 is 4.72 Å². The average Bonchev–Trinajstić information content (AvgIpc) is 2.43. The van der Waals surface area contributed by atoms with E-state index in [0.717, 1.165) is 0 Å². The fourth-order valence-electron chi connectivity index (χ4n) is 1.71. The molecule has 4 nitrogen and oxygen atoms in total. The fourth-order valence-corrected chi connectivity index (χ4v) is 3.86. The molecule has 0 aliphatic heterocycles. The molecular formula is C14H10BrCl2NO3S. The molecule has 0 atom stereocenters. The normalized spacial score (nSPS) is 11.2. The summed E-state index contributed by atoms with van der Waals surface area (Å²) in [4.78, 5) is 11.7. The summed E-state index contributed by atoms with van der Waals surface area (Å²) < 4.78 is 26.9. The molecule has 116 valence electrons. The Morgan fingerprint density at radius 3 is 2.36 bits per heavy atom. The van der Waals surface area contributed by atoms with E-state index in [4.69, 9.17) is 23.2 Å². The Kier molecular flexibility index (Phi) is 5.50. The molecule has 0 radical (unpaired) electrons. The Morgan fingerprint density at radius 1 is 1.09 bits per heavy atom. The van der Waals surface area contributed by atoms with Gasteiger partial charge < -0.3 is 0 Å². The van der Waals surface area contributed by atoms with E-state index in [9.17, 15) is 13.2 Å². The van der Waals surface area contributed by atoms with Gasteiger partial charge in [0.05, 0.1) is 11.4 Å². The number of amides is 1. The second-order valence-corrected chi connectivity index (χ2v) is 7.82. The van der Waals surface area contributed by atoms with Gasteiger partial charge in [0.2, 0.25) is 5.91 Å². The van der Waals surface area contributed by atoms with Crippen molar-refractivity contribution in [2.75, 3.05) is 0 Å². The monoisotopic (exact) mass is 421 g/mol. The number of carbonyl (C=O) groups is 1. The van der Waals surface area contributed by atoms with Crippen LogP contribution in [0.4, 0.5) is 0 Å². The Bertz CT molecular complexity index is 807.